The Bertz CT molecular complexity index is 739. The summed E-state index contributed by atoms with van der Waals surface area (Å²) in [6.07, 6.45) is 6.90. The smallest absolute Gasteiger partial charge is 0.224 e. The predicted octanol–water partition coefficient (Wildman–Crippen LogP) is 3.91. The lowest BCUT2D eigenvalue weighted by Crippen LogP contribution is -2.32. The summed E-state index contributed by atoms with van der Waals surface area (Å²) in [5, 5.41) is 13.6. The van der Waals surface area contributed by atoms with Gasteiger partial charge in [-0.1, -0.05) is 12.2 Å². The monoisotopic (exact) mass is 326 g/mol. The molecule has 0 spiro atoms. The minimum Gasteiger partial charge on any atom is -0.508 e. The van der Waals surface area contributed by atoms with Crippen LogP contribution in [-0.4, -0.2) is 22.5 Å². The lowest BCUT2D eigenvalue weighted by Gasteiger charge is -2.28. The first-order chi connectivity index (χ1) is 11.5. The van der Waals surface area contributed by atoms with Gasteiger partial charge in [-0.15, -0.1) is 0 Å². The summed E-state index contributed by atoms with van der Waals surface area (Å²) in [7, 11) is 0. The number of aromatic amines is 1. The van der Waals surface area contributed by atoms with Crippen LogP contribution in [0, 0.1) is 11.8 Å². The third-order valence-electron chi connectivity index (χ3n) is 5.23. The number of H-pyrrole nitrogens is 1. The van der Waals surface area contributed by atoms with Crippen LogP contribution in [0.3, 0.4) is 0 Å². The number of carbonyl (C=O) groups is 1. The van der Waals surface area contributed by atoms with Gasteiger partial charge in [0.05, 0.1) is 6.42 Å². The number of hydrogen-bond donors (Lipinski definition) is 3. The maximum Gasteiger partial charge on any atom is 0.224 e. The molecule has 0 saturated heterocycles. The van der Waals surface area contributed by atoms with Crippen molar-refractivity contribution in [1.82, 2.24) is 10.3 Å². The van der Waals surface area contributed by atoms with E-state index < -0.39 is 0 Å². The molecule has 1 aliphatic rings. The topological polar surface area (TPSA) is 65.1 Å². The van der Waals surface area contributed by atoms with Gasteiger partial charge in [-0.2, -0.15) is 0 Å². The Morgan fingerprint density at radius 2 is 2.08 bits per heavy atom. The molecule has 0 radical (unpaired) electrons. The second-order valence-electron chi connectivity index (χ2n) is 7.09. The maximum absolute atomic E-state index is 12.3. The number of nitrogens with one attached hydrogen (secondary N) is 2. The zero-order valence-electron chi connectivity index (χ0n) is 14.3. The van der Waals surface area contributed by atoms with E-state index in [-0.39, 0.29) is 11.7 Å². The number of amides is 1. The summed E-state index contributed by atoms with van der Waals surface area (Å²) in [4.78, 5) is 15.4. The van der Waals surface area contributed by atoms with E-state index in [0.717, 1.165) is 23.0 Å². The second kappa shape index (κ2) is 7.12. The molecule has 0 bridgehead atoms. The normalized spacial score (nSPS) is 20.9. The van der Waals surface area contributed by atoms with Gasteiger partial charge < -0.3 is 15.4 Å². The number of carbonyl (C=O) groups excluding carboxylic acids is 1. The summed E-state index contributed by atoms with van der Waals surface area (Å²) in [5.41, 5.74) is 3.15. The van der Waals surface area contributed by atoms with Gasteiger partial charge in [-0.05, 0) is 68.2 Å². The molecule has 4 heteroatoms. The van der Waals surface area contributed by atoms with Crippen LogP contribution in [0.1, 0.15) is 38.2 Å². The van der Waals surface area contributed by atoms with Crippen molar-refractivity contribution in [3.8, 4) is 5.75 Å². The molecule has 3 rings (SSSR count). The summed E-state index contributed by atoms with van der Waals surface area (Å²) in [6, 6.07) is 5.17. The van der Waals surface area contributed by atoms with Gasteiger partial charge in [0.2, 0.25) is 5.91 Å². The van der Waals surface area contributed by atoms with Crippen molar-refractivity contribution in [2.75, 3.05) is 6.54 Å². The maximum atomic E-state index is 12.3. The molecule has 0 atom stereocenters. The van der Waals surface area contributed by atoms with Crippen LogP contribution in [0.15, 0.2) is 36.5 Å². The second-order valence-corrected chi connectivity index (χ2v) is 7.09. The molecule has 24 heavy (non-hydrogen) atoms. The number of aromatic hydroxyl groups is 1. The predicted molar refractivity (Wildman–Crippen MR) is 96.9 cm³/mol. The van der Waals surface area contributed by atoms with Crippen LogP contribution < -0.4 is 5.32 Å². The third kappa shape index (κ3) is 3.81. The molecule has 1 heterocycles. The van der Waals surface area contributed by atoms with E-state index in [4.69, 9.17) is 0 Å². The Morgan fingerprint density at radius 3 is 2.79 bits per heavy atom. The third-order valence-corrected chi connectivity index (χ3v) is 5.23. The van der Waals surface area contributed by atoms with Crippen molar-refractivity contribution in [3.05, 3.63) is 42.1 Å². The highest BCUT2D eigenvalue weighted by Crippen LogP contribution is 2.32. The first kappa shape index (κ1) is 16.6. The van der Waals surface area contributed by atoms with Crippen molar-refractivity contribution in [1.29, 1.82) is 0 Å². The van der Waals surface area contributed by atoms with Crippen LogP contribution in [0.5, 0.6) is 5.75 Å². The van der Waals surface area contributed by atoms with Gasteiger partial charge in [0, 0.05) is 23.6 Å². The van der Waals surface area contributed by atoms with Crippen LogP contribution in [0.25, 0.3) is 10.9 Å². The molecule has 3 N–H and O–H groups in total. The van der Waals surface area contributed by atoms with E-state index >= 15 is 0 Å². The number of allylic oxidation sites excluding steroid dienone is 1. The Morgan fingerprint density at radius 1 is 1.33 bits per heavy atom. The molecule has 1 aromatic heterocycles. The van der Waals surface area contributed by atoms with Gasteiger partial charge in [0.1, 0.15) is 5.75 Å². The van der Waals surface area contributed by atoms with Crippen molar-refractivity contribution in [2.45, 2.75) is 39.0 Å². The summed E-state index contributed by atoms with van der Waals surface area (Å²) >= 11 is 0. The van der Waals surface area contributed by atoms with Crippen LogP contribution >= 0.6 is 0 Å². The van der Waals surface area contributed by atoms with Gasteiger partial charge >= 0.3 is 0 Å². The molecule has 0 aliphatic heterocycles. The molecule has 1 fully saturated rings. The Kier molecular flexibility index (Phi) is 4.93. The molecule has 1 amide bonds. The number of rotatable bonds is 5. The SMILES string of the molecule is C=C(C)C1CCC(CNC(=O)Cc2c[nH]c3ccc(O)cc23)CC1. The molecule has 1 saturated carbocycles. The summed E-state index contributed by atoms with van der Waals surface area (Å²) in [6.45, 7) is 6.94. The molecular formula is C20H26N2O2. The molecular weight excluding hydrogens is 300 g/mol. The first-order valence-electron chi connectivity index (χ1n) is 8.74. The minimum atomic E-state index is 0.0428. The quantitative estimate of drug-likeness (QED) is 0.729. The van der Waals surface area contributed by atoms with E-state index in [1.54, 1.807) is 12.1 Å². The van der Waals surface area contributed by atoms with E-state index in [2.05, 4.69) is 23.8 Å². The van der Waals surface area contributed by atoms with E-state index in [1.165, 1.54) is 31.3 Å². The van der Waals surface area contributed by atoms with Crippen molar-refractivity contribution >= 4 is 16.8 Å². The first-order valence-corrected chi connectivity index (χ1v) is 8.74. The molecule has 1 aromatic carbocycles. The highest BCUT2D eigenvalue weighted by atomic mass is 16.3. The standard InChI is InChI=1S/C20H26N2O2/c1-13(2)15-5-3-14(4-6-15)11-22-20(24)9-16-12-21-19-8-7-17(23)10-18(16)19/h7-8,10,12,14-15,21,23H,1,3-6,9,11H2,2H3,(H,22,24). The minimum absolute atomic E-state index is 0.0428. The number of fused-ring (bicyclic) bond motifs is 1. The fourth-order valence-electron chi connectivity index (χ4n) is 3.67. The van der Waals surface area contributed by atoms with Gasteiger partial charge in [0.15, 0.2) is 0 Å². The summed E-state index contributed by atoms with van der Waals surface area (Å²) < 4.78 is 0. The Hall–Kier alpha value is -2.23. The van der Waals surface area contributed by atoms with E-state index in [1.807, 2.05) is 12.3 Å². The highest BCUT2D eigenvalue weighted by Gasteiger charge is 2.22. The lowest BCUT2D eigenvalue weighted by molar-refractivity contribution is -0.120. The lowest BCUT2D eigenvalue weighted by atomic mass is 9.79. The van der Waals surface area contributed by atoms with Crippen LogP contribution in [0.4, 0.5) is 0 Å². The molecule has 4 nitrogen and oxygen atoms in total. The van der Waals surface area contributed by atoms with Crippen LogP contribution in [-0.2, 0) is 11.2 Å². The van der Waals surface area contributed by atoms with Crippen molar-refractivity contribution in [2.24, 2.45) is 11.8 Å². The number of phenols is 1. The molecule has 128 valence electrons. The van der Waals surface area contributed by atoms with E-state index in [9.17, 15) is 9.90 Å². The van der Waals surface area contributed by atoms with Crippen LogP contribution in [0.2, 0.25) is 0 Å². The van der Waals surface area contributed by atoms with Gasteiger partial charge in [0.25, 0.3) is 0 Å². The zero-order valence-corrected chi connectivity index (χ0v) is 14.3. The van der Waals surface area contributed by atoms with Crippen molar-refractivity contribution < 1.29 is 9.90 Å². The fraction of sp³-hybridized carbons (Fsp3) is 0.450. The molecule has 0 unspecified atom stereocenters. The number of hydrogen-bond acceptors (Lipinski definition) is 2. The fourth-order valence-corrected chi connectivity index (χ4v) is 3.67. The zero-order chi connectivity index (χ0) is 17.1. The summed E-state index contributed by atoms with van der Waals surface area (Å²) in [5.74, 6) is 1.51. The Balaban J connectivity index is 1.51. The molecule has 2 aromatic rings. The molecule has 1 aliphatic carbocycles. The average Bonchev–Trinajstić information content (AvgIpc) is 2.95. The Labute approximate surface area is 143 Å². The number of aromatic nitrogens is 1. The van der Waals surface area contributed by atoms with Gasteiger partial charge in [-0.3, -0.25) is 4.79 Å². The highest BCUT2D eigenvalue weighted by molar-refractivity contribution is 5.89. The average molecular weight is 326 g/mol. The largest absolute Gasteiger partial charge is 0.508 e. The number of phenolic OH excluding ortho intramolecular Hbond substituents is 1. The number of benzene rings is 1. The van der Waals surface area contributed by atoms with Crippen molar-refractivity contribution in [3.63, 3.8) is 0 Å². The van der Waals surface area contributed by atoms with E-state index in [0.29, 0.717) is 18.3 Å². The van der Waals surface area contributed by atoms with Gasteiger partial charge in [-0.25, -0.2) is 0 Å².